The molecule has 0 saturated heterocycles. The fourth-order valence-corrected chi connectivity index (χ4v) is 1.44. The Morgan fingerprint density at radius 3 is 2.54 bits per heavy atom. The van der Waals surface area contributed by atoms with E-state index in [-0.39, 0.29) is 0 Å². The highest BCUT2D eigenvalue weighted by atomic mass is 14.9. The van der Waals surface area contributed by atoms with Crippen molar-refractivity contribution < 1.29 is 0 Å². The van der Waals surface area contributed by atoms with E-state index in [2.05, 4.69) is 36.8 Å². The molecule has 2 rings (SSSR count). The molecule has 0 aromatic carbocycles. The van der Waals surface area contributed by atoms with Gasteiger partial charge in [0, 0.05) is 17.3 Å². The van der Waals surface area contributed by atoms with Crippen LogP contribution in [0.2, 0.25) is 0 Å². The third kappa shape index (κ3) is 1.87. The average molecular weight is 176 g/mol. The van der Waals surface area contributed by atoms with Crippen molar-refractivity contribution >= 4 is 0 Å². The van der Waals surface area contributed by atoms with Crippen molar-refractivity contribution in [3.8, 4) is 0 Å². The minimum Gasteiger partial charge on any atom is -0.238 e. The van der Waals surface area contributed by atoms with E-state index in [1.165, 1.54) is 18.5 Å². The first kappa shape index (κ1) is 8.67. The van der Waals surface area contributed by atoms with Crippen LogP contribution < -0.4 is 0 Å². The van der Waals surface area contributed by atoms with Gasteiger partial charge in [-0.15, -0.1) is 0 Å². The lowest BCUT2D eigenvalue weighted by molar-refractivity contribution is 0.775. The summed E-state index contributed by atoms with van der Waals surface area (Å²) in [6.07, 6.45) is 2.56. The second kappa shape index (κ2) is 3.09. The summed E-state index contributed by atoms with van der Waals surface area (Å²) in [5, 5.41) is 0. The standard InChI is InChI=1S/C11H16N2/c1-7(2)10-6-8(3)12-11(13-10)9-4-5-9/h6-7,9H,4-5H2,1-3H3. The average Bonchev–Trinajstić information content (AvgIpc) is 2.85. The fourth-order valence-electron chi connectivity index (χ4n) is 1.44. The van der Waals surface area contributed by atoms with Gasteiger partial charge in [-0.2, -0.15) is 0 Å². The molecule has 1 aliphatic rings. The maximum atomic E-state index is 4.58. The number of nitrogens with zero attached hydrogens (tertiary/aromatic N) is 2. The monoisotopic (exact) mass is 176 g/mol. The zero-order valence-electron chi connectivity index (χ0n) is 8.54. The Bertz CT molecular complexity index is 294. The molecule has 13 heavy (non-hydrogen) atoms. The molecule has 1 fully saturated rings. The van der Waals surface area contributed by atoms with Gasteiger partial charge in [0.2, 0.25) is 0 Å². The molecule has 1 heterocycles. The van der Waals surface area contributed by atoms with E-state index in [0.29, 0.717) is 11.8 Å². The van der Waals surface area contributed by atoms with E-state index in [1.54, 1.807) is 0 Å². The van der Waals surface area contributed by atoms with Crippen LogP contribution in [0.5, 0.6) is 0 Å². The van der Waals surface area contributed by atoms with Crippen LogP contribution in [-0.4, -0.2) is 9.97 Å². The van der Waals surface area contributed by atoms with Gasteiger partial charge in [-0.25, -0.2) is 9.97 Å². The van der Waals surface area contributed by atoms with Crippen LogP contribution in [0.4, 0.5) is 0 Å². The van der Waals surface area contributed by atoms with Gasteiger partial charge in [0.15, 0.2) is 0 Å². The number of aryl methyl sites for hydroxylation is 1. The van der Waals surface area contributed by atoms with Gasteiger partial charge >= 0.3 is 0 Å². The van der Waals surface area contributed by atoms with E-state index < -0.39 is 0 Å². The van der Waals surface area contributed by atoms with E-state index in [0.717, 1.165) is 11.5 Å². The number of aromatic nitrogens is 2. The van der Waals surface area contributed by atoms with Crippen LogP contribution in [-0.2, 0) is 0 Å². The molecule has 2 nitrogen and oxygen atoms in total. The van der Waals surface area contributed by atoms with Gasteiger partial charge in [-0.1, -0.05) is 13.8 Å². The number of hydrogen-bond donors (Lipinski definition) is 0. The molecule has 2 heteroatoms. The Balaban J connectivity index is 2.36. The Labute approximate surface area is 79.4 Å². The van der Waals surface area contributed by atoms with Gasteiger partial charge in [-0.05, 0) is 31.7 Å². The van der Waals surface area contributed by atoms with E-state index in [4.69, 9.17) is 0 Å². The first-order valence-corrected chi connectivity index (χ1v) is 5.02. The predicted molar refractivity (Wildman–Crippen MR) is 52.8 cm³/mol. The summed E-state index contributed by atoms with van der Waals surface area (Å²) in [5.74, 6) is 2.25. The van der Waals surface area contributed by atoms with Crippen molar-refractivity contribution in [2.24, 2.45) is 0 Å². The van der Waals surface area contributed by atoms with Crippen molar-refractivity contribution in [3.05, 3.63) is 23.3 Å². The molecule has 0 bridgehead atoms. The maximum Gasteiger partial charge on any atom is 0.131 e. The Kier molecular flexibility index (Phi) is 2.06. The molecule has 1 aliphatic carbocycles. The summed E-state index contributed by atoms with van der Waals surface area (Å²) in [4.78, 5) is 9.05. The molecule has 0 aliphatic heterocycles. The van der Waals surface area contributed by atoms with Crippen molar-refractivity contribution in [3.63, 3.8) is 0 Å². The van der Waals surface area contributed by atoms with E-state index in [1.807, 2.05) is 0 Å². The van der Waals surface area contributed by atoms with Crippen LogP contribution in [0.1, 0.15) is 55.7 Å². The second-order valence-corrected chi connectivity index (χ2v) is 4.22. The number of hydrogen-bond acceptors (Lipinski definition) is 2. The van der Waals surface area contributed by atoms with E-state index >= 15 is 0 Å². The van der Waals surface area contributed by atoms with Gasteiger partial charge in [0.25, 0.3) is 0 Å². The van der Waals surface area contributed by atoms with Crippen LogP contribution in [0.15, 0.2) is 6.07 Å². The highest BCUT2D eigenvalue weighted by Gasteiger charge is 2.27. The quantitative estimate of drug-likeness (QED) is 0.692. The largest absolute Gasteiger partial charge is 0.238 e. The molecule has 0 unspecified atom stereocenters. The maximum absolute atomic E-state index is 4.58. The van der Waals surface area contributed by atoms with Gasteiger partial charge in [0.1, 0.15) is 5.82 Å². The Hall–Kier alpha value is -0.920. The summed E-state index contributed by atoms with van der Waals surface area (Å²) in [5.41, 5.74) is 2.30. The highest BCUT2D eigenvalue weighted by molar-refractivity contribution is 5.17. The summed E-state index contributed by atoms with van der Waals surface area (Å²) in [6, 6.07) is 2.09. The molecule has 0 amide bonds. The van der Waals surface area contributed by atoms with Crippen LogP contribution >= 0.6 is 0 Å². The first-order valence-electron chi connectivity index (χ1n) is 5.02. The summed E-state index contributed by atoms with van der Waals surface area (Å²) in [6.45, 7) is 6.41. The lowest BCUT2D eigenvalue weighted by Gasteiger charge is -2.07. The zero-order chi connectivity index (χ0) is 9.42. The molecule has 1 saturated carbocycles. The molecule has 0 radical (unpaired) electrons. The van der Waals surface area contributed by atoms with Crippen molar-refractivity contribution in [1.29, 1.82) is 0 Å². The second-order valence-electron chi connectivity index (χ2n) is 4.22. The minimum absolute atomic E-state index is 0.513. The Morgan fingerprint density at radius 2 is 2.00 bits per heavy atom. The SMILES string of the molecule is Cc1cc(C(C)C)nc(C2CC2)n1. The van der Waals surface area contributed by atoms with Gasteiger partial charge in [-0.3, -0.25) is 0 Å². The highest BCUT2D eigenvalue weighted by Crippen LogP contribution is 2.38. The topological polar surface area (TPSA) is 25.8 Å². The molecule has 0 N–H and O–H groups in total. The molecule has 1 aromatic heterocycles. The molecule has 0 spiro atoms. The van der Waals surface area contributed by atoms with Gasteiger partial charge < -0.3 is 0 Å². The zero-order valence-corrected chi connectivity index (χ0v) is 8.54. The van der Waals surface area contributed by atoms with Crippen LogP contribution in [0.25, 0.3) is 0 Å². The molecule has 70 valence electrons. The Morgan fingerprint density at radius 1 is 1.31 bits per heavy atom. The van der Waals surface area contributed by atoms with Crippen molar-refractivity contribution in [2.45, 2.75) is 45.4 Å². The first-order chi connectivity index (χ1) is 6.16. The van der Waals surface area contributed by atoms with E-state index in [9.17, 15) is 0 Å². The summed E-state index contributed by atoms with van der Waals surface area (Å²) >= 11 is 0. The third-order valence-corrected chi connectivity index (χ3v) is 2.43. The van der Waals surface area contributed by atoms with Crippen LogP contribution in [0.3, 0.4) is 0 Å². The molecular formula is C11H16N2. The number of rotatable bonds is 2. The summed E-state index contributed by atoms with van der Waals surface area (Å²) < 4.78 is 0. The fraction of sp³-hybridized carbons (Fsp3) is 0.636. The molecule has 0 atom stereocenters. The third-order valence-electron chi connectivity index (χ3n) is 2.43. The molecule has 1 aromatic rings. The smallest absolute Gasteiger partial charge is 0.131 e. The van der Waals surface area contributed by atoms with Crippen molar-refractivity contribution in [1.82, 2.24) is 9.97 Å². The lowest BCUT2D eigenvalue weighted by Crippen LogP contribution is -2.01. The van der Waals surface area contributed by atoms with Crippen LogP contribution in [0, 0.1) is 6.92 Å². The minimum atomic E-state index is 0.513. The van der Waals surface area contributed by atoms with Gasteiger partial charge in [0.05, 0.1) is 0 Å². The van der Waals surface area contributed by atoms with Crippen molar-refractivity contribution in [2.75, 3.05) is 0 Å². The predicted octanol–water partition coefficient (Wildman–Crippen LogP) is 2.79. The summed E-state index contributed by atoms with van der Waals surface area (Å²) in [7, 11) is 0. The normalized spacial score (nSPS) is 16.6. The molecular weight excluding hydrogens is 160 g/mol. The lowest BCUT2D eigenvalue weighted by atomic mass is 10.1.